The van der Waals surface area contributed by atoms with Gasteiger partial charge >= 0.3 is 0 Å². The highest BCUT2D eigenvalue weighted by molar-refractivity contribution is 5.79. The molecule has 2 rings (SSSR count). The predicted molar refractivity (Wildman–Crippen MR) is 120 cm³/mol. The molecule has 152 valence electrons. The fourth-order valence-electron chi connectivity index (χ4n) is 3.31. The van der Waals surface area contributed by atoms with Gasteiger partial charge in [0.25, 0.3) is 0 Å². The van der Waals surface area contributed by atoms with E-state index in [9.17, 15) is 9.90 Å². The molecule has 3 atom stereocenters. The molecule has 0 aliphatic rings. The summed E-state index contributed by atoms with van der Waals surface area (Å²) in [5.74, 6) is 1.13. The van der Waals surface area contributed by atoms with E-state index in [4.69, 9.17) is 0 Å². The summed E-state index contributed by atoms with van der Waals surface area (Å²) in [5.41, 5.74) is 3.71. The summed E-state index contributed by atoms with van der Waals surface area (Å²) in [6, 6.07) is 15.9. The minimum Gasteiger partial charge on any atom is -0.508 e. The fourth-order valence-corrected chi connectivity index (χ4v) is 3.31. The van der Waals surface area contributed by atoms with Gasteiger partial charge in [-0.3, -0.25) is 4.79 Å². The number of carbonyl (C=O) groups is 1. The van der Waals surface area contributed by atoms with Gasteiger partial charge in [0.05, 0.1) is 0 Å². The molecule has 0 heterocycles. The zero-order chi connectivity index (χ0) is 21.1. The summed E-state index contributed by atoms with van der Waals surface area (Å²) in [6.45, 7) is 13.7. The molecule has 0 saturated carbocycles. The van der Waals surface area contributed by atoms with Crippen LogP contribution in [-0.2, 0) is 4.79 Å². The molecule has 0 amide bonds. The van der Waals surface area contributed by atoms with Gasteiger partial charge in [0.15, 0.2) is 0 Å². The van der Waals surface area contributed by atoms with Crippen LogP contribution in [-0.4, -0.2) is 10.9 Å². The van der Waals surface area contributed by atoms with Crippen LogP contribution < -0.4 is 0 Å². The molecule has 0 spiro atoms. The summed E-state index contributed by atoms with van der Waals surface area (Å²) in [4.78, 5) is 12.2. The number of rotatable bonds is 8. The minimum atomic E-state index is 0.0161. The Morgan fingerprint density at radius 1 is 1.00 bits per heavy atom. The van der Waals surface area contributed by atoms with Gasteiger partial charge in [-0.2, -0.15) is 0 Å². The Hall–Kier alpha value is -2.35. The van der Waals surface area contributed by atoms with E-state index in [1.54, 1.807) is 19.1 Å². The summed E-state index contributed by atoms with van der Waals surface area (Å²) >= 11 is 0. The normalized spacial score (nSPS) is 13.6. The highest BCUT2D eigenvalue weighted by atomic mass is 16.3. The lowest BCUT2D eigenvalue weighted by molar-refractivity contribution is -0.121. The van der Waals surface area contributed by atoms with Crippen molar-refractivity contribution in [1.29, 1.82) is 0 Å². The Morgan fingerprint density at radius 3 is 1.96 bits per heavy atom. The maximum absolute atomic E-state index is 12.2. The zero-order valence-electron chi connectivity index (χ0n) is 18.1. The smallest absolute Gasteiger partial charge is 0.133 e. The Kier molecular flexibility index (Phi) is 10.3. The lowest BCUT2D eigenvalue weighted by atomic mass is 9.80. The van der Waals surface area contributed by atoms with E-state index in [-0.39, 0.29) is 23.4 Å². The molecule has 28 heavy (non-hydrogen) atoms. The van der Waals surface area contributed by atoms with E-state index < -0.39 is 0 Å². The van der Waals surface area contributed by atoms with Crippen molar-refractivity contribution in [3.8, 4) is 5.75 Å². The summed E-state index contributed by atoms with van der Waals surface area (Å²) in [5, 5.41) is 9.44. The number of hydrogen-bond acceptors (Lipinski definition) is 2. The first-order valence-electron chi connectivity index (χ1n) is 10.3. The molecule has 0 fully saturated rings. The Morgan fingerprint density at radius 2 is 1.50 bits per heavy atom. The van der Waals surface area contributed by atoms with Crippen molar-refractivity contribution in [1.82, 2.24) is 0 Å². The third-order valence-corrected chi connectivity index (χ3v) is 5.39. The van der Waals surface area contributed by atoms with Crippen LogP contribution in [0, 0.1) is 12.8 Å². The lowest BCUT2D eigenvalue weighted by Crippen LogP contribution is -2.19. The number of aromatic hydroxyl groups is 1. The molecule has 2 aromatic carbocycles. The second kappa shape index (κ2) is 12.2. The molecular formula is C26H36O2. The second-order valence-corrected chi connectivity index (χ2v) is 7.68. The number of allylic oxidation sites excluding steroid dienone is 1. The number of ketones is 1. The van der Waals surface area contributed by atoms with E-state index in [2.05, 4.69) is 58.5 Å². The molecule has 2 nitrogen and oxygen atoms in total. The van der Waals surface area contributed by atoms with Crippen LogP contribution in [0.15, 0.2) is 61.2 Å². The molecular weight excluding hydrogens is 344 g/mol. The number of Topliss-reactive ketones (excluding diaryl/α,β-unsaturated/α-hetero) is 1. The molecule has 2 heteroatoms. The molecule has 0 radical (unpaired) electrons. The number of phenols is 1. The highest BCUT2D eigenvalue weighted by Crippen LogP contribution is 2.32. The molecule has 0 aliphatic carbocycles. The second-order valence-electron chi connectivity index (χ2n) is 7.68. The number of carbonyl (C=O) groups excluding carboxylic acids is 1. The van der Waals surface area contributed by atoms with Crippen molar-refractivity contribution < 1.29 is 9.90 Å². The van der Waals surface area contributed by atoms with Crippen LogP contribution in [0.3, 0.4) is 0 Å². The number of hydrogen-bond donors (Lipinski definition) is 1. The van der Waals surface area contributed by atoms with Gasteiger partial charge in [-0.1, -0.05) is 68.8 Å². The van der Waals surface area contributed by atoms with E-state index in [0.29, 0.717) is 5.92 Å². The quantitative estimate of drug-likeness (QED) is 0.493. The zero-order valence-corrected chi connectivity index (χ0v) is 18.1. The van der Waals surface area contributed by atoms with E-state index in [1.165, 1.54) is 11.1 Å². The number of benzene rings is 2. The van der Waals surface area contributed by atoms with Gasteiger partial charge < -0.3 is 5.11 Å². The molecule has 0 saturated heterocycles. The van der Waals surface area contributed by atoms with Crippen molar-refractivity contribution in [2.24, 2.45) is 5.92 Å². The van der Waals surface area contributed by atoms with Crippen LogP contribution in [0.4, 0.5) is 0 Å². The van der Waals surface area contributed by atoms with Gasteiger partial charge in [0, 0.05) is 5.92 Å². The van der Waals surface area contributed by atoms with Crippen molar-refractivity contribution in [2.45, 2.75) is 65.7 Å². The van der Waals surface area contributed by atoms with Crippen LogP contribution in [0.5, 0.6) is 5.75 Å². The lowest BCUT2D eigenvalue weighted by Gasteiger charge is -2.24. The van der Waals surface area contributed by atoms with Gasteiger partial charge in [-0.05, 0) is 68.2 Å². The van der Waals surface area contributed by atoms with Gasteiger partial charge in [0.1, 0.15) is 11.5 Å². The third kappa shape index (κ3) is 7.72. The summed E-state index contributed by atoms with van der Waals surface area (Å²) < 4.78 is 0. The maximum Gasteiger partial charge on any atom is 0.133 e. The van der Waals surface area contributed by atoms with Gasteiger partial charge in [-0.15, -0.1) is 6.58 Å². The summed E-state index contributed by atoms with van der Waals surface area (Å²) in [7, 11) is 0. The first kappa shape index (κ1) is 23.7. The van der Waals surface area contributed by atoms with Crippen molar-refractivity contribution in [2.75, 3.05) is 0 Å². The van der Waals surface area contributed by atoms with Crippen molar-refractivity contribution in [3.05, 3.63) is 77.9 Å². The van der Waals surface area contributed by atoms with E-state index >= 15 is 0 Å². The number of phenolic OH excluding ortho intramolecular Hbond substituents is 1. The van der Waals surface area contributed by atoms with Crippen LogP contribution in [0.2, 0.25) is 0 Å². The fraction of sp³-hybridized carbons (Fsp3) is 0.423. The predicted octanol–water partition coefficient (Wildman–Crippen LogP) is 7.18. The first-order valence-corrected chi connectivity index (χ1v) is 10.3. The van der Waals surface area contributed by atoms with Crippen LogP contribution in [0.1, 0.15) is 75.5 Å². The van der Waals surface area contributed by atoms with E-state index in [0.717, 1.165) is 24.8 Å². The van der Waals surface area contributed by atoms with Crippen molar-refractivity contribution in [3.63, 3.8) is 0 Å². The van der Waals surface area contributed by atoms with Crippen LogP contribution >= 0.6 is 0 Å². The highest BCUT2D eigenvalue weighted by Gasteiger charge is 2.24. The van der Waals surface area contributed by atoms with E-state index in [1.807, 2.05) is 18.2 Å². The Balaban J connectivity index is 0.000000892. The standard InChI is InChI=1S/C22H28O2.C4H8/c1-15-5-8-19(9-6-15)16(2)7-14-22(18(4)23)17(3)20-10-12-21(24)13-11-20;1-3-4-2/h5-6,8-13,16-17,22,24H,7,14H2,1-4H3;3H,1,4H2,2H3/t16?,17?,22-;/m1./s1. The minimum absolute atomic E-state index is 0.0161. The molecule has 0 aliphatic heterocycles. The average molecular weight is 381 g/mol. The molecule has 2 aromatic rings. The van der Waals surface area contributed by atoms with Gasteiger partial charge in [0.2, 0.25) is 0 Å². The maximum atomic E-state index is 12.2. The third-order valence-electron chi connectivity index (χ3n) is 5.39. The van der Waals surface area contributed by atoms with Crippen LogP contribution in [0.25, 0.3) is 0 Å². The Bertz CT molecular complexity index is 713. The van der Waals surface area contributed by atoms with Crippen molar-refractivity contribution >= 4 is 5.78 Å². The largest absolute Gasteiger partial charge is 0.508 e. The SMILES string of the molecule is C=CCC.CC(=O)[C@H](CCC(C)c1ccc(C)cc1)C(C)c1ccc(O)cc1. The molecule has 0 bridgehead atoms. The molecule has 2 unspecified atom stereocenters. The summed E-state index contributed by atoms with van der Waals surface area (Å²) in [6.07, 6.45) is 4.84. The van der Waals surface area contributed by atoms with Gasteiger partial charge in [-0.25, -0.2) is 0 Å². The Labute approximate surface area is 171 Å². The topological polar surface area (TPSA) is 37.3 Å². The first-order chi connectivity index (χ1) is 13.3. The molecule has 1 N–H and O–H groups in total. The number of aryl methyl sites for hydroxylation is 1. The monoisotopic (exact) mass is 380 g/mol. The average Bonchev–Trinajstić information content (AvgIpc) is 2.68. The molecule has 0 aromatic heterocycles.